The number of nitrogens with one attached hydrogen (secondary N) is 1. The maximum atomic E-state index is 10.7. The van der Waals surface area contributed by atoms with Gasteiger partial charge in [-0.1, -0.05) is 0 Å². The molecule has 0 amide bonds. The summed E-state index contributed by atoms with van der Waals surface area (Å²) in [6, 6.07) is 0. The molecule has 88 valence electrons. The first-order valence-corrected chi connectivity index (χ1v) is 4.86. The van der Waals surface area contributed by atoms with Crippen LogP contribution in [-0.2, 0) is 4.74 Å². The van der Waals surface area contributed by atoms with Crippen LogP contribution in [0.5, 0.6) is 0 Å². The van der Waals surface area contributed by atoms with Crippen molar-refractivity contribution in [3.8, 4) is 0 Å². The topological polar surface area (TPSA) is 90.2 Å². The summed E-state index contributed by atoms with van der Waals surface area (Å²) in [6.45, 7) is 2.86. The van der Waals surface area contributed by atoms with Crippen molar-refractivity contribution < 1.29 is 9.66 Å². The van der Waals surface area contributed by atoms with Gasteiger partial charge in [-0.2, -0.15) is 0 Å². The normalized spacial score (nSPS) is 10.1. The highest BCUT2D eigenvalue weighted by atomic mass is 16.6. The Bertz CT molecular complexity index is 370. The Hall–Kier alpha value is -1.76. The minimum Gasteiger partial charge on any atom is -0.385 e. The molecule has 7 nitrogen and oxygen atoms in total. The van der Waals surface area contributed by atoms with Crippen molar-refractivity contribution in [2.24, 2.45) is 0 Å². The maximum absolute atomic E-state index is 10.7. The molecular formula is C9H14N4O3. The summed E-state index contributed by atoms with van der Waals surface area (Å²) in [6.07, 6.45) is 1.97. The Kier molecular flexibility index (Phi) is 4.59. The van der Waals surface area contributed by atoms with Crippen molar-refractivity contribution in [2.45, 2.75) is 13.3 Å². The molecule has 0 atom stereocenters. The fourth-order valence-corrected chi connectivity index (χ4v) is 1.15. The summed E-state index contributed by atoms with van der Waals surface area (Å²) in [5.74, 6) is 0.758. The molecule has 0 bridgehead atoms. The predicted molar refractivity (Wildman–Crippen MR) is 58.4 cm³/mol. The quantitative estimate of drug-likeness (QED) is 0.444. The number of methoxy groups -OCH3 is 1. The second kappa shape index (κ2) is 5.96. The molecule has 7 heteroatoms. The lowest BCUT2D eigenvalue weighted by Crippen LogP contribution is -2.09. The number of aromatic nitrogens is 2. The van der Waals surface area contributed by atoms with E-state index in [1.807, 2.05) is 0 Å². The average molecular weight is 226 g/mol. The van der Waals surface area contributed by atoms with Crippen LogP contribution >= 0.6 is 0 Å². The van der Waals surface area contributed by atoms with E-state index in [1.165, 1.54) is 6.20 Å². The Morgan fingerprint density at radius 3 is 3.00 bits per heavy atom. The minimum absolute atomic E-state index is 0.108. The van der Waals surface area contributed by atoms with E-state index in [-0.39, 0.29) is 11.5 Å². The fraction of sp³-hybridized carbons (Fsp3) is 0.556. The standard InChI is InChI=1S/C9H14N4O3/c1-7-11-6-8(13(14)15)9(12-7)10-4-3-5-16-2/h6H,3-5H2,1-2H3,(H,10,11,12). The lowest BCUT2D eigenvalue weighted by atomic mass is 10.4. The van der Waals surface area contributed by atoms with Gasteiger partial charge >= 0.3 is 5.69 Å². The molecule has 0 aliphatic carbocycles. The van der Waals surface area contributed by atoms with Crippen LogP contribution in [0.25, 0.3) is 0 Å². The molecule has 1 N–H and O–H groups in total. The molecule has 0 aliphatic rings. The summed E-state index contributed by atoms with van der Waals surface area (Å²) in [5, 5.41) is 13.6. The van der Waals surface area contributed by atoms with Gasteiger partial charge < -0.3 is 10.1 Å². The molecule has 16 heavy (non-hydrogen) atoms. The van der Waals surface area contributed by atoms with E-state index < -0.39 is 4.92 Å². The van der Waals surface area contributed by atoms with E-state index in [4.69, 9.17) is 4.74 Å². The number of rotatable bonds is 6. The van der Waals surface area contributed by atoms with Crippen LogP contribution in [-0.4, -0.2) is 35.2 Å². The Morgan fingerprint density at radius 2 is 2.38 bits per heavy atom. The monoisotopic (exact) mass is 226 g/mol. The van der Waals surface area contributed by atoms with Crippen LogP contribution in [0.2, 0.25) is 0 Å². The number of aryl methyl sites for hydroxylation is 1. The zero-order valence-electron chi connectivity index (χ0n) is 9.27. The minimum atomic E-state index is -0.502. The van der Waals surface area contributed by atoms with Crippen molar-refractivity contribution in [1.29, 1.82) is 0 Å². The van der Waals surface area contributed by atoms with Crippen molar-refractivity contribution in [1.82, 2.24) is 9.97 Å². The van der Waals surface area contributed by atoms with Crippen LogP contribution in [0, 0.1) is 17.0 Å². The van der Waals surface area contributed by atoms with Gasteiger partial charge in [0.05, 0.1) is 4.92 Å². The first-order chi connectivity index (χ1) is 7.65. The van der Waals surface area contributed by atoms with Gasteiger partial charge in [-0.25, -0.2) is 9.97 Å². The molecule has 1 aromatic rings. The molecule has 0 fully saturated rings. The largest absolute Gasteiger partial charge is 0.385 e. The van der Waals surface area contributed by atoms with E-state index >= 15 is 0 Å². The summed E-state index contributed by atoms with van der Waals surface area (Å²) < 4.78 is 4.87. The van der Waals surface area contributed by atoms with Crippen LogP contribution in [0.15, 0.2) is 6.20 Å². The number of hydrogen-bond acceptors (Lipinski definition) is 6. The highest BCUT2D eigenvalue weighted by Crippen LogP contribution is 2.19. The second-order valence-corrected chi connectivity index (χ2v) is 3.18. The van der Waals surface area contributed by atoms with Gasteiger partial charge in [-0.15, -0.1) is 0 Å². The van der Waals surface area contributed by atoms with Gasteiger partial charge in [0.2, 0.25) is 5.82 Å². The Balaban J connectivity index is 2.68. The predicted octanol–water partition coefficient (Wildman–Crippen LogP) is 1.14. The summed E-state index contributed by atoms with van der Waals surface area (Å²) in [4.78, 5) is 18.0. The van der Waals surface area contributed by atoms with Gasteiger partial charge in [-0.3, -0.25) is 10.1 Å². The molecule has 0 spiro atoms. The highest BCUT2D eigenvalue weighted by Gasteiger charge is 2.15. The summed E-state index contributed by atoms with van der Waals surface area (Å²) >= 11 is 0. The number of hydrogen-bond donors (Lipinski definition) is 1. The maximum Gasteiger partial charge on any atom is 0.329 e. The number of nitrogens with zero attached hydrogens (tertiary/aromatic N) is 3. The van der Waals surface area contributed by atoms with Gasteiger partial charge in [0.25, 0.3) is 0 Å². The zero-order chi connectivity index (χ0) is 12.0. The Morgan fingerprint density at radius 1 is 1.62 bits per heavy atom. The average Bonchev–Trinajstić information content (AvgIpc) is 2.24. The highest BCUT2D eigenvalue weighted by molar-refractivity contribution is 5.54. The first kappa shape index (κ1) is 12.3. The lowest BCUT2D eigenvalue weighted by Gasteiger charge is -2.05. The lowest BCUT2D eigenvalue weighted by molar-refractivity contribution is -0.384. The zero-order valence-corrected chi connectivity index (χ0v) is 9.27. The van der Waals surface area contributed by atoms with Gasteiger partial charge in [-0.05, 0) is 13.3 Å². The van der Waals surface area contributed by atoms with Gasteiger partial charge in [0, 0.05) is 20.3 Å². The third-order valence-corrected chi connectivity index (χ3v) is 1.90. The van der Waals surface area contributed by atoms with E-state index in [9.17, 15) is 10.1 Å². The molecule has 1 rings (SSSR count). The Labute approximate surface area is 93.0 Å². The molecule has 0 aromatic carbocycles. The fourth-order valence-electron chi connectivity index (χ4n) is 1.15. The number of nitro groups is 1. The molecule has 1 aromatic heterocycles. The van der Waals surface area contributed by atoms with Gasteiger partial charge in [0.15, 0.2) is 0 Å². The molecule has 0 saturated heterocycles. The van der Waals surface area contributed by atoms with Crippen molar-refractivity contribution in [3.63, 3.8) is 0 Å². The van der Waals surface area contributed by atoms with Crippen LogP contribution in [0.4, 0.5) is 11.5 Å². The first-order valence-electron chi connectivity index (χ1n) is 4.86. The van der Waals surface area contributed by atoms with E-state index in [1.54, 1.807) is 14.0 Å². The summed E-state index contributed by atoms with van der Waals surface area (Å²) in [5.41, 5.74) is -0.108. The van der Waals surface area contributed by atoms with E-state index in [0.29, 0.717) is 19.0 Å². The molecular weight excluding hydrogens is 212 g/mol. The van der Waals surface area contributed by atoms with Crippen molar-refractivity contribution >= 4 is 11.5 Å². The third-order valence-electron chi connectivity index (χ3n) is 1.90. The molecule has 0 aliphatic heterocycles. The van der Waals surface area contributed by atoms with Crippen LogP contribution in [0.3, 0.4) is 0 Å². The molecule has 0 unspecified atom stereocenters. The van der Waals surface area contributed by atoms with Crippen molar-refractivity contribution in [3.05, 3.63) is 22.1 Å². The van der Waals surface area contributed by atoms with Crippen LogP contribution in [0.1, 0.15) is 12.2 Å². The smallest absolute Gasteiger partial charge is 0.329 e. The summed E-state index contributed by atoms with van der Waals surface area (Å²) in [7, 11) is 1.61. The van der Waals surface area contributed by atoms with Crippen molar-refractivity contribution in [2.75, 3.05) is 25.6 Å². The van der Waals surface area contributed by atoms with Crippen LogP contribution < -0.4 is 5.32 Å². The van der Waals surface area contributed by atoms with Gasteiger partial charge in [0.1, 0.15) is 12.0 Å². The third kappa shape index (κ3) is 3.43. The molecule has 0 radical (unpaired) electrons. The number of anilines is 1. The number of ether oxygens (including phenoxy) is 1. The second-order valence-electron chi connectivity index (χ2n) is 3.18. The SMILES string of the molecule is COCCCNc1nc(C)ncc1[N+](=O)[O-]. The molecule has 1 heterocycles. The molecule has 0 saturated carbocycles. The van der Waals surface area contributed by atoms with E-state index in [0.717, 1.165) is 6.42 Å². The van der Waals surface area contributed by atoms with E-state index in [2.05, 4.69) is 15.3 Å².